The topological polar surface area (TPSA) is 56.2 Å². The average Bonchev–Trinajstić information content (AvgIpc) is 3.06. The lowest BCUT2D eigenvalue weighted by Crippen LogP contribution is -2.36. The number of esters is 1. The molecule has 1 saturated carbocycles. The van der Waals surface area contributed by atoms with Gasteiger partial charge in [0.25, 0.3) is 0 Å². The number of hydrogen-bond acceptors (Lipinski definition) is 4. The Morgan fingerprint density at radius 3 is 2.95 bits per heavy atom. The van der Waals surface area contributed by atoms with Crippen molar-refractivity contribution in [2.45, 2.75) is 57.7 Å². The molecule has 1 aromatic heterocycles. The highest BCUT2D eigenvalue weighted by molar-refractivity contribution is 5.77. The minimum atomic E-state index is -0.390. The summed E-state index contributed by atoms with van der Waals surface area (Å²) >= 11 is 0. The molecule has 0 spiro atoms. The van der Waals surface area contributed by atoms with Crippen LogP contribution in [0, 0.1) is 0 Å². The first-order valence-corrected chi connectivity index (χ1v) is 7.10. The van der Waals surface area contributed by atoms with Gasteiger partial charge in [-0.15, -0.1) is 0 Å². The fourth-order valence-corrected chi connectivity index (χ4v) is 2.63. The van der Waals surface area contributed by atoms with Gasteiger partial charge in [0.1, 0.15) is 6.04 Å². The van der Waals surface area contributed by atoms with Gasteiger partial charge in [0.2, 0.25) is 0 Å². The van der Waals surface area contributed by atoms with E-state index < -0.39 is 6.04 Å². The maximum Gasteiger partial charge on any atom is 0.327 e. The maximum absolute atomic E-state index is 11.9. The van der Waals surface area contributed by atoms with E-state index in [1.807, 2.05) is 10.9 Å². The second-order valence-electron chi connectivity index (χ2n) is 5.14. The van der Waals surface area contributed by atoms with E-state index in [9.17, 15) is 4.79 Å². The van der Waals surface area contributed by atoms with Gasteiger partial charge in [-0.3, -0.25) is 10.00 Å². The zero-order valence-electron chi connectivity index (χ0n) is 11.8. The zero-order valence-corrected chi connectivity index (χ0v) is 11.8. The Hall–Kier alpha value is -1.36. The van der Waals surface area contributed by atoms with Gasteiger partial charge in [-0.25, -0.2) is 4.79 Å². The summed E-state index contributed by atoms with van der Waals surface area (Å²) in [5.41, 5.74) is 0.896. The number of nitrogens with zero attached hydrogens (tertiary/aromatic N) is 2. The van der Waals surface area contributed by atoms with Gasteiger partial charge < -0.3 is 4.74 Å². The molecule has 1 heterocycles. The van der Waals surface area contributed by atoms with Crippen LogP contribution in [0.25, 0.3) is 0 Å². The number of carbonyl (C=O) groups is 1. The number of aryl methyl sites for hydroxylation is 1. The summed E-state index contributed by atoms with van der Waals surface area (Å²) < 4.78 is 6.78. The molecule has 0 amide bonds. The van der Waals surface area contributed by atoms with Gasteiger partial charge in [0, 0.05) is 24.3 Å². The quantitative estimate of drug-likeness (QED) is 0.800. The lowest BCUT2D eigenvalue weighted by molar-refractivity contribution is -0.143. The van der Waals surface area contributed by atoms with Crippen LogP contribution in [-0.2, 0) is 16.1 Å². The van der Waals surface area contributed by atoms with Crippen LogP contribution in [-0.4, -0.2) is 28.9 Å². The summed E-state index contributed by atoms with van der Waals surface area (Å²) in [6, 6.07) is 0.0253. The van der Waals surface area contributed by atoms with Gasteiger partial charge in [-0.1, -0.05) is 19.8 Å². The Morgan fingerprint density at radius 2 is 2.32 bits per heavy atom. The third-order valence-electron chi connectivity index (χ3n) is 3.63. The van der Waals surface area contributed by atoms with Crippen molar-refractivity contribution in [1.29, 1.82) is 0 Å². The maximum atomic E-state index is 11.9. The SMILES string of the molecule is CCCn1cc(C(NC2CCCC2)C(=O)OC)cn1. The predicted octanol–water partition coefficient (Wildman–Crippen LogP) is 2.04. The molecule has 1 aromatic rings. The van der Waals surface area contributed by atoms with Gasteiger partial charge >= 0.3 is 5.97 Å². The second kappa shape index (κ2) is 6.70. The van der Waals surface area contributed by atoms with Crippen molar-refractivity contribution < 1.29 is 9.53 Å². The largest absolute Gasteiger partial charge is 0.468 e. The third kappa shape index (κ3) is 3.56. The first kappa shape index (κ1) is 14.1. The van der Waals surface area contributed by atoms with E-state index in [1.165, 1.54) is 20.0 Å². The molecule has 0 saturated heterocycles. The lowest BCUT2D eigenvalue weighted by Gasteiger charge is -2.19. The number of hydrogen-bond donors (Lipinski definition) is 1. The van der Waals surface area contributed by atoms with Crippen LogP contribution in [0.4, 0.5) is 0 Å². The van der Waals surface area contributed by atoms with E-state index in [4.69, 9.17) is 4.74 Å². The van der Waals surface area contributed by atoms with E-state index in [1.54, 1.807) is 6.20 Å². The van der Waals surface area contributed by atoms with Crippen molar-refractivity contribution in [3.8, 4) is 0 Å². The normalized spacial score (nSPS) is 17.6. The smallest absolute Gasteiger partial charge is 0.327 e. The van der Waals surface area contributed by atoms with Crippen LogP contribution in [0.5, 0.6) is 0 Å². The predicted molar refractivity (Wildman–Crippen MR) is 72.7 cm³/mol. The van der Waals surface area contributed by atoms with E-state index in [0.717, 1.165) is 31.4 Å². The van der Waals surface area contributed by atoms with Gasteiger partial charge in [-0.2, -0.15) is 5.10 Å². The molecule has 19 heavy (non-hydrogen) atoms. The van der Waals surface area contributed by atoms with Crippen molar-refractivity contribution >= 4 is 5.97 Å². The van der Waals surface area contributed by atoms with Crippen molar-refractivity contribution in [3.05, 3.63) is 18.0 Å². The van der Waals surface area contributed by atoms with Crippen molar-refractivity contribution in [2.24, 2.45) is 0 Å². The number of carbonyl (C=O) groups excluding carboxylic acids is 1. The molecule has 1 unspecified atom stereocenters. The molecule has 1 aliphatic rings. The Balaban J connectivity index is 2.08. The molecule has 1 fully saturated rings. The summed E-state index contributed by atoms with van der Waals surface area (Å²) in [5.74, 6) is -0.233. The summed E-state index contributed by atoms with van der Waals surface area (Å²) in [7, 11) is 1.43. The van der Waals surface area contributed by atoms with Gasteiger partial charge in [-0.05, 0) is 19.3 Å². The number of rotatable bonds is 6. The van der Waals surface area contributed by atoms with Crippen molar-refractivity contribution in [3.63, 3.8) is 0 Å². The second-order valence-corrected chi connectivity index (χ2v) is 5.14. The Bertz CT molecular complexity index is 411. The lowest BCUT2D eigenvalue weighted by atomic mass is 10.1. The van der Waals surface area contributed by atoms with E-state index >= 15 is 0 Å². The van der Waals surface area contributed by atoms with Crippen LogP contribution in [0.15, 0.2) is 12.4 Å². The fourth-order valence-electron chi connectivity index (χ4n) is 2.63. The van der Waals surface area contributed by atoms with Crippen LogP contribution >= 0.6 is 0 Å². The molecular formula is C14H23N3O2. The Kier molecular flexibility index (Phi) is 4.96. The molecule has 5 heteroatoms. The van der Waals surface area contributed by atoms with E-state index in [-0.39, 0.29) is 5.97 Å². The first-order chi connectivity index (χ1) is 9.24. The average molecular weight is 265 g/mol. The van der Waals surface area contributed by atoms with Crippen LogP contribution in [0.1, 0.15) is 50.6 Å². The van der Waals surface area contributed by atoms with Gasteiger partial charge in [0.05, 0.1) is 13.3 Å². The highest BCUT2D eigenvalue weighted by atomic mass is 16.5. The molecule has 0 bridgehead atoms. The van der Waals surface area contributed by atoms with Crippen molar-refractivity contribution in [2.75, 3.05) is 7.11 Å². The monoisotopic (exact) mass is 265 g/mol. The third-order valence-corrected chi connectivity index (χ3v) is 3.63. The first-order valence-electron chi connectivity index (χ1n) is 7.10. The summed E-state index contributed by atoms with van der Waals surface area (Å²) in [4.78, 5) is 11.9. The fraction of sp³-hybridized carbons (Fsp3) is 0.714. The molecule has 1 N–H and O–H groups in total. The zero-order chi connectivity index (χ0) is 13.7. The van der Waals surface area contributed by atoms with Crippen LogP contribution in [0.2, 0.25) is 0 Å². The van der Waals surface area contributed by atoms with E-state index in [0.29, 0.717) is 6.04 Å². The molecule has 2 rings (SSSR count). The Morgan fingerprint density at radius 1 is 1.58 bits per heavy atom. The molecule has 1 atom stereocenters. The molecular weight excluding hydrogens is 242 g/mol. The molecule has 0 aliphatic heterocycles. The summed E-state index contributed by atoms with van der Waals surface area (Å²) in [6.45, 7) is 2.98. The summed E-state index contributed by atoms with van der Waals surface area (Å²) in [5, 5.41) is 7.70. The minimum Gasteiger partial charge on any atom is -0.468 e. The highest BCUT2D eigenvalue weighted by Crippen LogP contribution is 2.22. The minimum absolute atomic E-state index is 0.233. The van der Waals surface area contributed by atoms with Crippen molar-refractivity contribution in [1.82, 2.24) is 15.1 Å². The number of methoxy groups -OCH3 is 1. The Labute approximate surface area is 114 Å². The van der Waals surface area contributed by atoms with E-state index in [2.05, 4.69) is 17.3 Å². The van der Waals surface area contributed by atoms with Crippen LogP contribution in [0.3, 0.4) is 0 Å². The molecule has 0 radical (unpaired) electrons. The van der Waals surface area contributed by atoms with Crippen LogP contribution < -0.4 is 5.32 Å². The van der Waals surface area contributed by atoms with Gasteiger partial charge in [0.15, 0.2) is 0 Å². The molecule has 5 nitrogen and oxygen atoms in total. The number of aromatic nitrogens is 2. The molecule has 106 valence electrons. The summed E-state index contributed by atoms with van der Waals surface area (Å²) in [6.07, 6.45) is 9.47. The molecule has 0 aromatic carbocycles. The standard InChI is InChI=1S/C14H23N3O2/c1-3-8-17-10-11(9-15-17)13(14(18)19-2)16-12-6-4-5-7-12/h9-10,12-13,16H,3-8H2,1-2H3. The highest BCUT2D eigenvalue weighted by Gasteiger charge is 2.27. The molecule has 1 aliphatic carbocycles. The number of nitrogens with one attached hydrogen (secondary N) is 1. The number of ether oxygens (including phenoxy) is 1.